The fourth-order valence-corrected chi connectivity index (χ4v) is 2.82. The molecule has 0 saturated heterocycles. The molecule has 1 heterocycles. The van der Waals surface area contributed by atoms with Gasteiger partial charge in [-0.15, -0.1) is 0 Å². The Morgan fingerprint density at radius 3 is 2.52 bits per heavy atom. The summed E-state index contributed by atoms with van der Waals surface area (Å²) >= 11 is 0. The second-order valence-electron chi connectivity index (χ2n) is 6.20. The van der Waals surface area contributed by atoms with Crippen LogP contribution in [0.4, 0.5) is 5.69 Å². The molecule has 29 heavy (non-hydrogen) atoms. The van der Waals surface area contributed by atoms with Gasteiger partial charge in [0, 0.05) is 17.3 Å². The summed E-state index contributed by atoms with van der Waals surface area (Å²) in [5, 5.41) is 11.8. The molecular formula is C22H16N2O5. The van der Waals surface area contributed by atoms with Gasteiger partial charge in [0.15, 0.2) is 12.2 Å². The van der Waals surface area contributed by atoms with Gasteiger partial charge in [-0.3, -0.25) is 4.79 Å². The first-order valence-electron chi connectivity index (χ1n) is 8.81. The summed E-state index contributed by atoms with van der Waals surface area (Å²) in [5.41, 5.74) is 2.73. The number of fused-ring (bicyclic) bond motifs is 1. The molecule has 0 spiro atoms. The summed E-state index contributed by atoms with van der Waals surface area (Å²) in [4.78, 5) is 27.8. The molecule has 1 aromatic heterocycles. The normalized spacial score (nSPS) is 10.6. The number of anilines is 1. The highest BCUT2D eigenvalue weighted by Gasteiger charge is 2.16. The zero-order valence-corrected chi connectivity index (χ0v) is 15.2. The molecule has 3 aromatic carbocycles. The van der Waals surface area contributed by atoms with Crippen LogP contribution >= 0.6 is 0 Å². The van der Waals surface area contributed by atoms with E-state index < -0.39 is 12.6 Å². The van der Waals surface area contributed by atoms with Crippen molar-refractivity contribution in [2.45, 2.75) is 0 Å². The quantitative estimate of drug-likeness (QED) is 0.513. The Bertz CT molecular complexity index is 1150. The van der Waals surface area contributed by atoms with Crippen molar-refractivity contribution < 1.29 is 23.8 Å². The first-order chi connectivity index (χ1) is 14.1. The number of carboxylic acid groups (broad SMARTS) is 1. The Balaban J connectivity index is 1.67. The van der Waals surface area contributed by atoms with Crippen LogP contribution < -0.4 is 10.1 Å². The maximum atomic E-state index is 12.4. The molecule has 2 N–H and O–H groups in total. The van der Waals surface area contributed by atoms with Crippen LogP contribution in [0.1, 0.15) is 10.4 Å². The van der Waals surface area contributed by atoms with Crippen molar-refractivity contribution in [2.24, 2.45) is 0 Å². The molecule has 4 rings (SSSR count). The van der Waals surface area contributed by atoms with Crippen molar-refractivity contribution in [2.75, 3.05) is 11.9 Å². The summed E-state index contributed by atoms with van der Waals surface area (Å²) in [6, 6.07) is 20.9. The van der Waals surface area contributed by atoms with Gasteiger partial charge in [0.25, 0.3) is 5.91 Å². The highest BCUT2D eigenvalue weighted by molar-refractivity contribution is 6.04. The SMILES string of the molecule is O=C(O)COc1cc(NC(=O)c2ccccc2)ccc1-c1nc2ccccc2o1. The van der Waals surface area contributed by atoms with E-state index in [-0.39, 0.29) is 11.7 Å². The first-order valence-corrected chi connectivity index (χ1v) is 8.81. The lowest BCUT2D eigenvalue weighted by Gasteiger charge is -2.11. The van der Waals surface area contributed by atoms with Crippen LogP contribution in [0.5, 0.6) is 5.75 Å². The number of rotatable bonds is 6. The summed E-state index contributed by atoms with van der Waals surface area (Å²) < 4.78 is 11.2. The Hall–Kier alpha value is -4.13. The number of amides is 1. The van der Waals surface area contributed by atoms with Crippen LogP contribution in [0.2, 0.25) is 0 Å². The minimum absolute atomic E-state index is 0.241. The van der Waals surface area contributed by atoms with Crippen LogP contribution in [0.25, 0.3) is 22.6 Å². The predicted octanol–water partition coefficient (Wildman–Crippen LogP) is 4.21. The molecule has 0 atom stereocenters. The zero-order chi connectivity index (χ0) is 20.2. The first kappa shape index (κ1) is 18.2. The third-order valence-corrected chi connectivity index (χ3v) is 4.15. The third kappa shape index (κ3) is 4.08. The summed E-state index contributed by atoms with van der Waals surface area (Å²) in [6.07, 6.45) is 0. The number of aromatic nitrogens is 1. The average molecular weight is 388 g/mol. The van der Waals surface area contributed by atoms with E-state index in [1.165, 1.54) is 0 Å². The van der Waals surface area contributed by atoms with Gasteiger partial charge < -0.3 is 19.6 Å². The molecule has 0 unspecified atom stereocenters. The van der Waals surface area contributed by atoms with E-state index in [1.807, 2.05) is 24.3 Å². The molecule has 0 fully saturated rings. The number of hydrogen-bond donors (Lipinski definition) is 2. The summed E-state index contributed by atoms with van der Waals surface area (Å²) in [7, 11) is 0. The van der Waals surface area contributed by atoms with Crippen molar-refractivity contribution in [1.29, 1.82) is 0 Å². The molecule has 1 amide bonds. The van der Waals surface area contributed by atoms with Crippen molar-refractivity contribution >= 4 is 28.7 Å². The molecule has 0 saturated carbocycles. The van der Waals surface area contributed by atoms with E-state index in [4.69, 9.17) is 14.3 Å². The number of nitrogens with zero attached hydrogens (tertiary/aromatic N) is 1. The summed E-state index contributed by atoms with van der Waals surface area (Å²) in [6.45, 7) is -0.538. The van der Waals surface area contributed by atoms with Crippen molar-refractivity contribution in [3.8, 4) is 17.2 Å². The predicted molar refractivity (Wildman–Crippen MR) is 107 cm³/mol. The van der Waals surface area contributed by atoms with Gasteiger partial charge in [0.2, 0.25) is 5.89 Å². The van der Waals surface area contributed by atoms with E-state index >= 15 is 0 Å². The molecule has 0 aliphatic carbocycles. The van der Waals surface area contributed by atoms with Gasteiger partial charge in [0.1, 0.15) is 11.3 Å². The highest BCUT2D eigenvalue weighted by Crippen LogP contribution is 2.34. The Morgan fingerprint density at radius 2 is 1.76 bits per heavy atom. The number of carbonyl (C=O) groups is 2. The van der Waals surface area contributed by atoms with E-state index in [1.54, 1.807) is 48.5 Å². The monoisotopic (exact) mass is 388 g/mol. The van der Waals surface area contributed by atoms with Crippen LogP contribution in [-0.4, -0.2) is 28.6 Å². The number of nitrogens with one attached hydrogen (secondary N) is 1. The van der Waals surface area contributed by atoms with Crippen LogP contribution in [0, 0.1) is 0 Å². The number of aliphatic carboxylic acids is 1. The Kier molecular flexibility index (Phi) is 4.94. The lowest BCUT2D eigenvalue weighted by molar-refractivity contribution is -0.139. The van der Waals surface area contributed by atoms with Gasteiger partial charge in [-0.2, -0.15) is 0 Å². The standard InChI is InChI=1S/C22H16N2O5/c25-20(26)13-28-19-12-15(23-21(27)14-6-2-1-3-7-14)10-11-16(19)22-24-17-8-4-5-9-18(17)29-22/h1-12H,13H2,(H,23,27)(H,25,26). The van der Waals surface area contributed by atoms with Gasteiger partial charge in [0.05, 0.1) is 5.56 Å². The van der Waals surface area contributed by atoms with E-state index in [2.05, 4.69) is 10.3 Å². The number of hydrogen-bond acceptors (Lipinski definition) is 5. The molecule has 0 aliphatic heterocycles. The second-order valence-corrected chi connectivity index (χ2v) is 6.20. The van der Waals surface area contributed by atoms with E-state index in [9.17, 15) is 9.59 Å². The van der Waals surface area contributed by atoms with E-state index in [0.29, 0.717) is 33.8 Å². The summed E-state index contributed by atoms with van der Waals surface area (Å²) in [5.74, 6) is -0.867. The lowest BCUT2D eigenvalue weighted by Crippen LogP contribution is -2.13. The number of benzene rings is 3. The van der Waals surface area contributed by atoms with Gasteiger partial charge in [-0.05, 0) is 36.4 Å². The average Bonchev–Trinajstić information content (AvgIpc) is 3.17. The zero-order valence-electron chi connectivity index (χ0n) is 15.2. The molecular weight excluding hydrogens is 372 g/mol. The van der Waals surface area contributed by atoms with E-state index in [0.717, 1.165) is 0 Å². The lowest BCUT2D eigenvalue weighted by atomic mass is 10.1. The molecule has 0 bridgehead atoms. The molecule has 4 aromatic rings. The van der Waals surface area contributed by atoms with Crippen molar-refractivity contribution in [3.05, 3.63) is 78.4 Å². The van der Waals surface area contributed by atoms with Crippen molar-refractivity contribution in [1.82, 2.24) is 4.98 Å². The maximum Gasteiger partial charge on any atom is 0.341 e. The fraction of sp³-hybridized carbons (Fsp3) is 0.0455. The highest BCUT2D eigenvalue weighted by atomic mass is 16.5. The van der Waals surface area contributed by atoms with Gasteiger partial charge >= 0.3 is 5.97 Å². The largest absolute Gasteiger partial charge is 0.481 e. The molecule has 0 aliphatic rings. The molecule has 144 valence electrons. The van der Waals surface area contributed by atoms with Crippen LogP contribution in [0.15, 0.2) is 77.2 Å². The topological polar surface area (TPSA) is 102 Å². The smallest absolute Gasteiger partial charge is 0.341 e. The molecule has 7 heteroatoms. The second kappa shape index (κ2) is 7.85. The molecule has 7 nitrogen and oxygen atoms in total. The van der Waals surface area contributed by atoms with Crippen LogP contribution in [0.3, 0.4) is 0 Å². The van der Waals surface area contributed by atoms with Gasteiger partial charge in [-0.1, -0.05) is 30.3 Å². The van der Waals surface area contributed by atoms with Gasteiger partial charge in [-0.25, -0.2) is 9.78 Å². The Labute approximate surface area is 165 Å². The Morgan fingerprint density at radius 1 is 1.00 bits per heavy atom. The minimum atomic E-state index is -1.12. The maximum absolute atomic E-state index is 12.4. The number of carboxylic acids is 1. The third-order valence-electron chi connectivity index (χ3n) is 4.15. The number of ether oxygens (including phenoxy) is 1. The van der Waals surface area contributed by atoms with Crippen LogP contribution in [-0.2, 0) is 4.79 Å². The fourth-order valence-electron chi connectivity index (χ4n) is 2.82. The minimum Gasteiger partial charge on any atom is -0.481 e. The van der Waals surface area contributed by atoms with Crippen molar-refractivity contribution in [3.63, 3.8) is 0 Å². The number of oxazole rings is 1. The number of para-hydroxylation sites is 2. The number of carbonyl (C=O) groups excluding carboxylic acids is 1. The molecule has 0 radical (unpaired) electrons.